The number of ether oxygens (including phenoxy) is 1. The van der Waals surface area contributed by atoms with Gasteiger partial charge in [0.15, 0.2) is 0 Å². The number of amidine groups is 1. The van der Waals surface area contributed by atoms with Crippen LogP contribution in [0, 0.1) is 0 Å². The molecule has 100 valence electrons. The Kier molecular flexibility index (Phi) is 4.06. The average Bonchev–Trinajstić information content (AvgIpc) is 2.69. The third-order valence-corrected chi connectivity index (χ3v) is 3.43. The van der Waals surface area contributed by atoms with Gasteiger partial charge in [-0.05, 0) is 12.1 Å². The molecule has 1 atom stereocenters. The van der Waals surface area contributed by atoms with E-state index in [1.807, 2.05) is 0 Å². The highest BCUT2D eigenvalue weighted by molar-refractivity contribution is 8.15. The molecule has 1 aliphatic rings. The Morgan fingerprint density at radius 2 is 2.37 bits per heavy atom. The van der Waals surface area contributed by atoms with Gasteiger partial charge in [0.2, 0.25) is 0 Å². The first-order valence-electron chi connectivity index (χ1n) is 5.50. The molecule has 1 amide bonds. The number of phenols is 1. The molecule has 1 aromatic carbocycles. The number of benzene rings is 1. The van der Waals surface area contributed by atoms with Gasteiger partial charge in [-0.3, -0.25) is 9.59 Å². The average molecular weight is 280 g/mol. The van der Waals surface area contributed by atoms with Gasteiger partial charge in [0, 0.05) is 6.07 Å². The van der Waals surface area contributed by atoms with E-state index in [-0.39, 0.29) is 22.7 Å². The highest BCUT2D eigenvalue weighted by atomic mass is 32.2. The molecule has 1 unspecified atom stereocenters. The molecule has 1 saturated heterocycles. The maximum absolute atomic E-state index is 11.4. The Morgan fingerprint density at radius 1 is 1.58 bits per heavy atom. The Bertz CT molecular complexity index is 544. The molecule has 0 spiro atoms. The van der Waals surface area contributed by atoms with Crippen molar-refractivity contribution in [3.63, 3.8) is 0 Å². The number of methoxy groups -OCH3 is 1. The molecule has 0 aliphatic carbocycles. The van der Waals surface area contributed by atoms with Crippen molar-refractivity contribution in [3.05, 3.63) is 24.3 Å². The molecule has 6 nitrogen and oxygen atoms in total. The van der Waals surface area contributed by atoms with Gasteiger partial charge in [0.25, 0.3) is 5.24 Å². The lowest BCUT2D eigenvalue weighted by Crippen LogP contribution is -2.26. The number of carbonyl (C=O) groups is 2. The number of hydrogen-bond donors (Lipinski definition) is 2. The summed E-state index contributed by atoms with van der Waals surface area (Å²) in [7, 11) is 1.29. The Labute approximate surface area is 113 Å². The fourth-order valence-electron chi connectivity index (χ4n) is 1.57. The van der Waals surface area contributed by atoms with Crippen LogP contribution < -0.4 is 5.32 Å². The lowest BCUT2D eigenvalue weighted by molar-refractivity contribution is -0.140. The predicted octanol–water partition coefficient (Wildman–Crippen LogP) is 1.81. The quantitative estimate of drug-likeness (QED) is 0.824. The third kappa shape index (κ3) is 3.47. The number of nitrogens with one attached hydrogen (secondary N) is 1. The van der Waals surface area contributed by atoms with Gasteiger partial charge in [-0.25, -0.2) is 4.99 Å². The Balaban J connectivity index is 2.20. The van der Waals surface area contributed by atoms with Crippen molar-refractivity contribution >= 4 is 34.5 Å². The van der Waals surface area contributed by atoms with Crippen molar-refractivity contribution in [1.29, 1.82) is 0 Å². The van der Waals surface area contributed by atoms with Crippen LogP contribution in [0.4, 0.5) is 10.5 Å². The molecular weight excluding hydrogens is 268 g/mol. The van der Waals surface area contributed by atoms with E-state index >= 15 is 0 Å². The first-order chi connectivity index (χ1) is 9.08. The molecular formula is C12H12N2O4S. The van der Waals surface area contributed by atoms with E-state index in [2.05, 4.69) is 15.0 Å². The summed E-state index contributed by atoms with van der Waals surface area (Å²) < 4.78 is 4.58. The summed E-state index contributed by atoms with van der Waals surface area (Å²) in [5.41, 5.74) is 0.507. The number of thioether (sulfide) groups is 1. The van der Waals surface area contributed by atoms with Crippen LogP contribution in [0.3, 0.4) is 0 Å². The minimum absolute atomic E-state index is 0.0670. The largest absolute Gasteiger partial charge is 0.508 e. The van der Waals surface area contributed by atoms with E-state index in [1.54, 1.807) is 12.1 Å². The van der Waals surface area contributed by atoms with E-state index < -0.39 is 5.97 Å². The molecule has 2 N–H and O–H groups in total. The number of nitrogens with zero attached hydrogens (tertiary/aromatic N) is 1. The van der Waals surface area contributed by atoms with Crippen LogP contribution in [0.5, 0.6) is 5.75 Å². The van der Waals surface area contributed by atoms with Crippen LogP contribution in [0.1, 0.15) is 6.42 Å². The maximum Gasteiger partial charge on any atom is 0.307 e. The van der Waals surface area contributed by atoms with Gasteiger partial charge < -0.3 is 15.2 Å². The summed E-state index contributed by atoms with van der Waals surface area (Å²) in [4.78, 5) is 26.9. The number of aliphatic imine (C=N–C) groups is 1. The number of rotatable bonds is 3. The summed E-state index contributed by atoms with van der Waals surface area (Å²) in [5, 5.41) is 11.3. The van der Waals surface area contributed by atoms with Crippen LogP contribution in [0.2, 0.25) is 0 Å². The molecule has 19 heavy (non-hydrogen) atoms. The highest BCUT2D eigenvalue weighted by Crippen LogP contribution is 2.26. The van der Waals surface area contributed by atoms with Crippen LogP contribution >= 0.6 is 11.8 Å². The van der Waals surface area contributed by atoms with Gasteiger partial charge >= 0.3 is 5.97 Å². The molecule has 1 aromatic rings. The fourth-order valence-corrected chi connectivity index (χ4v) is 2.44. The topological polar surface area (TPSA) is 88.0 Å². The van der Waals surface area contributed by atoms with E-state index in [4.69, 9.17) is 0 Å². The molecule has 7 heteroatoms. The molecule has 0 bridgehead atoms. The zero-order valence-electron chi connectivity index (χ0n) is 10.1. The smallest absolute Gasteiger partial charge is 0.307 e. The van der Waals surface area contributed by atoms with Gasteiger partial charge in [-0.2, -0.15) is 0 Å². The number of phenolic OH excluding ortho intramolecular Hbond substituents is 1. The van der Waals surface area contributed by atoms with Gasteiger partial charge in [-0.15, -0.1) is 0 Å². The molecule has 0 radical (unpaired) electrons. The summed E-state index contributed by atoms with van der Waals surface area (Å²) >= 11 is 0.997. The number of carbonyl (C=O) groups excluding carboxylic acids is 2. The van der Waals surface area contributed by atoms with Crippen molar-refractivity contribution in [2.45, 2.75) is 11.7 Å². The summed E-state index contributed by atoms with van der Waals surface area (Å²) in [5.74, 6) is 0.0759. The second-order valence-electron chi connectivity index (χ2n) is 3.82. The van der Waals surface area contributed by atoms with Crippen LogP contribution in [-0.4, -0.2) is 34.5 Å². The predicted molar refractivity (Wildman–Crippen MR) is 71.7 cm³/mol. The minimum atomic E-state index is -0.405. The zero-order valence-corrected chi connectivity index (χ0v) is 10.9. The van der Waals surface area contributed by atoms with Crippen LogP contribution in [0.25, 0.3) is 0 Å². The van der Waals surface area contributed by atoms with E-state index in [0.29, 0.717) is 11.5 Å². The van der Waals surface area contributed by atoms with Crippen LogP contribution in [-0.2, 0) is 9.53 Å². The normalized spacial score (nSPS) is 20.4. The Hall–Kier alpha value is -2.02. The summed E-state index contributed by atoms with van der Waals surface area (Å²) in [6, 6.07) is 6.33. The van der Waals surface area contributed by atoms with Crippen molar-refractivity contribution in [3.8, 4) is 5.75 Å². The van der Waals surface area contributed by atoms with Crippen molar-refractivity contribution in [2.75, 3.05) is 7.11 Å². The fraction of sp³-hybridized carbons (Fsp3) is 0.250. The van der Waals surface area contributed by atoms with Crippen LogP contribution in [0.15, 0.2) is 29.3 Å². The first-order valence-corrected chi connectivity index (χ1v) is 6.38. The van der Waals surface area contributed by atoms with Gasteiger partial charge in [0.05, 0.1) is 24.5 Å². The molecule has 1 aliphatic heterocycles. The van der Waals surface area contributed by atoms with Crippen molar-refractivity contribution in [1.82, 2.24) is 5.32 Å². The van der Waals surface area contributed by atoms with E-state index in [1.165, 1.54) is 19.2 Å². The molecule has 0 aromatic heterocycles. The maximum atomic E-state index is 11.4. The van der Waals surface area contributed by atoms with Gasteiger partial charge in [-0.1, -0.05) is 17.8 Å². The minimum Gasteiger partial charge on any atom is -0.508 e. The van der Waals surface area contributed by atoms with Crippen molar-refractivity contribution < 1.29 is 19.4 Å². The first kappa shape index (κ1) is 13.4. The molecule has 1 heterocycles. The zero-order chi connectivity index (χ0) is 13.8. The molecule has 2 rings (SSSR count). The standard InChI is InChI=1S/C12H12N2O4S/c1-18-10(16)6-9-11(14-12(17)19-9)13-7-3-2-4-8(15)5-7/h2-5,9,15H,6H2,1H3,(H,13,14,17). The van der Waals surface area contributed by atoms with E-state index in [0.717, 1.165) is 11.8 Å². The SMILES string of the molecule is COC(=O)CC1SC(=O)NC1=Nc1cccc(O)c1. The number of esters is 1. The second-order valence-corrected chi connectivity index (χ2v) is 4.99. The lowest BCUT2D eigenvalue weighted by atomic mass is 10.2. The summed E-state index contributed by atoms with van der Waals surface area (Å²) in [6.45, 7) is 0. The lowest BCUT2D eigenvalue weighted by Gasteiger charge is -2.07. The second kappa shape index (κ2) is 5.75. The number of hydrogen-bond acceptors (Lipinski definition) is 6. The summed E-state index contributed by atoms with van der Waals surface area (Å²) in [6.07, 6.45) is 0.0670. The number of aromatic hydroxyl groups is 1. The van der Waals surface area contributed by atoms with E-state index in [9.17, 15) is 14.7 Å². The Morgan fingerprint density at radius 3 is 3.05 bits per heavy atom. The van der Waals surface area contributed by atoms with Crippen molar-refractivity contribution in [2.24, 2.45) is 4.99 Å². The van der Waals surface area contributed by atoms with Gasteiger partial charge in [0.1, 0.15) is 11.6 Å². The highest BCUT2D eigenvalue weighted by Gasteiger charge is 2.31. The third-order valence-electron chi connectivity index (χ3n) is 2.44. The molecule has 0 saturated carbocycles. The molecule has 1 fully saturated rings. The number of amides is 1. The monoisotopic (exact) mass is 280 g/mol.